The number of rotatable bonds is 5. The van der Waals surface area contributed by atoms with E-state index in [4.69, 9.17) is 5.73 Å². The van der Waals surface area contributed by atoms with Crippen molar-refractivity contribution in [3.63, 3.8) is 0 Å². The summed E-state index contributed by atoms with van der Waals surface area (Å²) >= 11 is 1.55. The SMILES string of the molecule is Cn1ccnc1SCC(N)(CO)c1ccccc1. The first-order valence-electron chi connectivity index (χ1n) is 5.71. The van der Waals surface area contributed by atoms with Crippen LogP contribution in [-0.2, 0) is 12.6 Å². The van der Waals surface area contributed by atoms with Crippen molar-refractivity contribution in [2.24, 2.45) is 12.8 Å². The summed E-state index contributed by atoms with van der Waals surface area (Å²) in [6.07, 6.45) is 3.64. The van der Waals surface area contributed by atoms with Gasteiger partial charge in [-0.3, -0.25) is 0 Å². The lowest BCUT2D eigenvalue weighted by Crippen LogP contribution is -2.43. The first kappa shape index (κ1) is 13.1. The summed E-state index contributed by atoms with van der Waals surface area (Å²) < 4.78 is 1.94. The van der Waals surface area contributed by atoms with Crippen LogP contribution >= 0.6 is 11.8 Å². The van der Waals surface area contributed by atoms with E-state index in [1.165, 1.54) is 0 Å². The van der Waals surface area contributed by atoms with Crippen LogP contribution in [0, 0.1) is 0 Å². The fourth-order valence-corrected chi connectivity index (χ4v) is 2.72. The highest BCUT2D eigenvalue weighted by Gasteiger charge is 2.27. The van der Waals surface area contributed by atoms with Gasteiger partial charge in [-0.2, -0.15) is 0 Å². The number of thioether (sulfide) groups is 1. The molecule has 4 nitrogen and oxygen atoms in total. The van der Waals surface area contributed by atoms with E-state index >= 15 is 0 Å². The molecule has 0 aliphatic carbocycles. The van der Waals surface area contributed by atoms with Crippen LogP contribution in [0.4, 0.5) is 0 Å². The van der Waals surface area contributed by atoms with Crippen molar-refractivity contribution >= 4 is 11.8 Å². The predicted octanol–water partition coefficient (Wildman–Crippen LogP) is 1.36. The standard InChI is InChI=1S/C13H17N3OS/c1-16-8-7-15-12(16)18-10-13(14,9-17)11-5-3-2-4-6-11/h2-8,17H,9-10,14H2,1H3. The van der Waals surface area contributed by atoms with Crippen molar-refractivity contribution in [3.05, 3.63) is 48.3 Å². The number of nitrogens with zero attached hydrogens (tertiary/aromatic N) is 2. The smallest absolute Gasteiger partial charge is 0.167 e. The van der Waals surface area contributed by atoms with Gasteiger partial charge in [0.25, 0.3) is 0 Å². The monoisotopic (exact) mass is 263 g/mol. The molecule has 0 radical (unpaired) electrons. The van der Waals surface area contributed by atoms with Gasteiger partial charge in [-0.1, -0.05) is 42.1 Å². The molecule has 0 saturated heterocycles. The van der Waals surface area contributed by atoms with Gasteiger partial charge in [0.15, 0.2) is 5.16 Å². The Bertz CT molecular complexity index is 500. The zero-order valence-corrected chi connectivity index (χ0v) is 11.1. The van der Waals surface area contributed by atoms with E-state index in [9.17, 15) is 5.11 Å². The third-order valence-electron chi connectivity index (χ3n) is 2.87. The number of benzene rings is 1. The Morgan fingerprint density at radius 1 is 1.39 bits per heavy atom. The normalized spacial score (nSPS) is 14.4. The molecule has 1 unspecified atom stereocenters. The van der Waals surface area contributed by atoms with Crippen molar-refractivity contribution in [1.29, 1.82) is 0 Å². The van der Waals surface area contributed by atoms with Crippen molar-refractivity contribution in [2.75, 3.05) is 12.4 Å². The Morgan fingerprint density at radius 3 is 2.67 bits per heavy atom. The van der Waals surface area contributed by atoms with Gasteiger partial charge in [-0.05, 0) is 5.56 Å². The first-order chi connectivity index (χ1) is 8.65. The Labute approximate surface area is 111 Å². The van der Waals surface area contributed by atoms with E-state index in [1.54, 1.807) is 18.0 Å². The second-order valence-corrected chi connectivity index (χ2v) is 5.23. The van der Waals surface area contributed by atoms with Gasteiger partial charge >= 0.3 is 0 Å². The number of aryl methyl sites for hydroxylation is 1. The molecule has 2 rings (SSSR count). The molecule has 1 heterocycles. The lowest BCUT2D eigenvalue weighted by Gasteiger charge is -2.27. The van der Waals surface area contributed by atoms with Crippen LogP contribution in [0.3, 0.4) is 0 Å². The van der Waals surface area contributed by atoms with Crippen molar-refractivity contribution < 1.29 is 5.11 Å². The molecule has 0 spiro atoms. The summed E-state index contributed by atoms with van der Waals surface area (Å²) in [5.41, 5.74) is 6.48. The maximum atomic E-state index is 9.57. The summed E-state index contributed by atoms with van der Waals surface area (Å²) in [5.74, 6) is 0.582. The molecule has 96 valence electrons. The molecule has 0 bridgehead atoms. The van der Waals surface area contributed by atoms with Gasteiger partial charge in [-0.25, -0.2) is 4.98 Å². The molecule has 1 atom stereocenters. The number of imidazole rings is 1. The highest BCUT2D eigenvalue weighted by atomic mass is 32.2. The van der Waals surface area contributed by atoms with E-state index < -0.39 is 5.54 Å². The molecule has 0 aliphatic heterocycles. The van der Waals surface area contributed by atoms with E-state index in [0.29, 0.717) is 5.75 Å². The largest absolute Gasteiger partial charge is 0.394 e. The Balaban J connectivity index is 2.12. The minimum atomic E-state index is -0.738. The fraction of sp³-hybridized carbons (Fsp3) is 0.308. The summed E-state index contributed by atoms with van der Waals surface area (Å²) in [7, 11) is 1.94. The summed E-state index contributed by atoms with van der Waals surface area (Å²) in [5, 5.41) is 10.5. The number of nitrogens with two attached hydrogens (primary N) is 1. The molecule has 0 aliphatic rings. The number of aromatic nitrogens is 2. The molecule has 5 heteroatoms. The molecular formula is C13H17N3OS. The molecule has 1 aromatic carbocycles. The van der Waals surface area contributed by atoms with Crippen LogP contribution in [0.5, 0.6) is 0 Å². The van der Waals surface area contributed by atoms with Crippen LogP contribution in [0.15, 0.2) is 47.9 Å². The molecule has 1 aromatic heterocycles. The predicted molar refractivity (Wildman–Crippen MR) is 73.3 cm³/mol. The zero-order chi connectivity index (χ0) is 13.0. The Hall–Kier alpha value is -1.30. The summed E-state index contributed by atoms with van der Waals surface area (Å²) in [6, 6.07) is 9.67. The van der Waals surface area contributed by atoms with E-state index in [2.05, 4.69) is 4.98 Å². The lowest BCUT2D eigenvalue weighted by atomic mass is 9.94. The van der Waals surface area contributed by atoms with Gasteiger partial charge < -0.3 is 15.4 Å². The third-order valence-corrected chi connectivity index (χ3v) is 4.18. The Morgan fingerprint density at radius 2 is 2.11 bits per heavy atom. The zero-order valence-electron chi connectivity index (χ0n) is 10.3. The van der Waals surface area contributed by atoms with Crippen molar-refractivity contribution in [1.82, 2.24) is 9.55 Å². The molecule has 0 amide bonds. The van der Waals surface area contributed by atoms with Gasteiger partial charge in [0.05, 0.1) is 12.1 Å². The highest BCUT2D eigenvalue weighted by Crippen LogP contribution is 2.26. The van der Waals surface area contributed by atoms with Crippen LogP contribution in [0.1, 0.15) is 5.56 Å². The molecule has 18 heavy (non-hydrogen) atoms. The highest BCUT2D eigenvalue weighted by molar-refractivity contribution is 7.99. The quantitative estimate of drug-likeness (QED) is 0.800. The third kappa shape index (κ3) is 2.75. The first-order valence-corrected chi connectivity index (χ1v) is 6.70. The molecule has 2 aromatic rings. The number of hydrogen-bond donors (Lipinski definition) is 2. The van der Waals surface area contributed by atoms with Gasteiger partial charge in [0.2, 0.25) is 0 Å². The average molecular weight is 263 g/mol. The average Bonchev–Trinajstić information content (AvgIpc) is 2.83. The number of hydrogen-bond acceptors (Lipinski definition) is 4. The molecule has 3 N–H and O–H groups in total. The van der Waals surface area contributed by atoms with Crippen LogP contribution in [0.25, 0.3) is 0 Å². The number of aliphatic hydroxyl groups excluding tert-OH is 1. The van der Waals surface area contributed by atoms with Gasteiger partial charge in [0.1, 0.15) is 0 Å². The van der Waals surface area contributed by atoms with Crippen molar-refractivity contribution in [2.45, 2.75) is 10.7 Å². The minimum absolute atomic E-state index is 0.0889. The maximum absolute atomic E-state index is 9.57. The van der Waals surface area contributed by atoms with E-state index in [1.807, 2.05) is 48.1 Å². The summed E-state index contributed by atoms with van der Waals surface area (Å²) in [4.78, 5) is 4.24. The van der Waals surface area contributed by atoms with Crippen LogP contribution < -0.4 is 5.73 Å². The van der Waals surface area contributed by atoms with Crippen LogP contribution in [0.2, 0.25) is 0 Å². The lowest BCUT2D eigenvalue weighted by molar-refractivity contribution is 0.213. The van der Waals surface area contributed by atoms with Crippen molar-refractivity contribution in [3.8, 4) is 0 Å². The minimum Gasteiger partial charge on any atom is -0.394 e. The van der Waals surface area contributed by atoms with Gasteiger partial charge in [0, 0.05) is 25.2 Å². The number of aliphatic hydroxyl groups is 1. The topological polar surface area (TPSA) is 64.1 Å². The van der Waals surface area contributed by atoms with Gasteiger partial charge in [-0.15, -0.1) is 0 Å². The fourth-order valence-electron chi connectivity index (χ4n) is 1.67. The van der Waals surface area contributed by atoms with Crippen LogP contribution in [-0.4, -0.2) is 27.0 Å². The van der Waals surface area contributed by atoms with E-state index in [-0.39, 0.29) is 6.61 Å². The second kappa shape index (κ2) is 5.56. The van der Waals surface area contributed by atoms with E-state index in [0.717, 1.165) is 10.7 Å². The maximum Gasteiger partial charge on any atom is 0.167 e. The Kier molecular flexibility index (Phi) is 4.06. The molecular weight excluding hydrogens is 246 g/mol. The molecule has 0 saturated carbocycles. The summed E-state index contributed by atoms with van der Waals surface area (Å²) in [6.45, 7) is -0.0889. The second-order valence-electron chi connectivity index (χ2n) is 4.29. The molecule has 0 fully saturated rings.